The monoisotopic (exact) mass is 272 g/mol. The van der Waals surface area contributed by atoms with E-state index in [1.54, 1.807) is 6.07 Å². The maximum absolute atomic E-state index is 13.5. The second-order valence-corrected chi connectivity index (χ2v) is 5.06. The fourth-order valence-corrected chi connectivity index (χ4v) is 2.32. The van der Waals surface area contributed by atoms with Gasteiger partial charge in [-0.1, -0.05) is 30.3 Å². The Bertz CT molecular complexity index is 554. The summed E-state index contributed by atoms with van der Waals surface area (Å²) in [4.78, 5) is 2.15. The Morgan fingerprint density at radius 2 is 1.85 bits per heavy atom. The van der Waals surface area contributed by atoms with Gasteiger partial charge in [0.2, 0.25) is 0 Å². The van der Waals surface area contributed by atoms with Gasteiger partial charge in [-0.15, -0.1) is 0 Å². The first-order valence-corrected chi connectivity index (χ1v) is 6.83. The lowest BCUT2D eigenvalue weighted by atomic mass is 10.0. The van der Waals surface area contributed by atoms with Crippen LogP contribution < -0.4 is 10.2 Å². The first-order valence-electron chi connectivity index (χ1n) is 6.83. The van der Waals surface area contributed by atoms with E-state index in [1.165, 1.54) is 11.6 Å². The largest absolute Gasteiger partial charge is 0.370 e. The van der Waals surface area contributed by atoms with Gasteiger partial charge in [-0.3, -0.25) is 0 Å². The van der Waals surface area contributed by atoms with E-state index in [2.05, 4.69) is 22.3 Å². The van der Waals surface area contributed by atoms with Crippen molar-refractivity contribution in [1.29, 1.82) is 0 Å². The molecule has 0 spiro atoms. The number of anilines is 1. The highest BCUT2D eigenvalue weighted by molar-refractivity contribution is 5.55. The molecule has 20 heavy (non-hydrogen) atoms. The molecule has 0 bridgehead atoms. The lowest BCUT2D eigenvalue weighted by Gasteiger charge is -2.25. The molecule has 0 fully saturated rings. The lowest BCUT2D eigenvalue weighted by molar-refractivity contribution is 0.607. The third-order valence-corrected chi connectivity index (χ3v) is 3.56. The lowest BCUT2D eigenvalue weighted by Crippen LogP contribution is -2.21. The summed E-state index contributed by atoms with van der Waals surface area (Å²) in [6.45, 7) is 2.84. The molecule has 1 atom stereocenters. The highest BCUT2D eigenvalue weighted by Crippen LogP contribution is 2.27. The first kappa shape index (κ1) is 14.5. The van der Waals surface area contributed by atoms with Crippen LogP contribution >= 0.6 is 0 Å². The minimum Gasteiger partial charge on any atom is -0.370 e. The molecule has 0 aliphatic rings. The van der Waals surface area contributed by atoms with Crippen LogP contribution in [0.1, 0.15) is 24.1 Å². The van der Waals surface area contributed by atoms with E-state index in [9.17, 15) is 4.39 Å². The molecule has 0 saturated carbocycles. The summed E-state index contributed by atoms with van der Waals surface area (Å²) in [6, 6.07) is 15.4. The molecule has 2 aromatic rings. The molecular weight excluding hydrogens is 251 g/mol. The maximum atomic E-state index is 13.5. The number of halogens is 1. The third-order valence-electron chi connectivity index (χ3n) is 3.56. The average Bonchev–Trinajstić information content (AvgIpc) is 2.47. The topological polar surface area (TPSA) is 15.3 Å². The second kappa shape index (κ2) is 6.53. The van der Waals surface area contributed by atoms with E-state index in [1.807, 2.05) is 45.3 Å². The van der Waals surface area contributed by atoms with Gasteiger partial charge in [0.15, 0.2) is 0 Å². The Hall–Kier alpha value is -1.87. The molecular formula is C17H21FN2. The molecule has 3 heteroatoms. The van der Waals surface area contributed by atoms with Crippen LogP contribution in [0.2, 0.25) is 0 Å². The van der Waals surface area contributed by atoms with Crippen molar-refractivity contribution >= 4 is 5.69 Å². The van der Waals surface area contributed by atoms with Crippen molar-refractivity contribution in [2.75, 3.05) is 19.0 Å². The zero-order valence-electron chi connectivity index (χ0n) is 12.2. The fourth-order valence-electron chi connectivity index (χ4n) is 2.32. The first-order chi connectivity index (χ1) is 9.61. The number of nitrogens with zero attached hydrogens (tertiary/aromatic N) is 1. The van der Waals surface area contributed by atoms with Gasteiger partial charge in [-0.2, -0.15) is 0 Å². The van der Waals surface area contributed by atoms with Gasteiger partial charge >= 0.3 is 0 Å². The Kier molecular flexibility index (Phi) is 4.74. The Morgan fingerprint density at radius 1 is 1.15 bits per heavy atom. The predicted molar refractivity (Wildman–Crippen MR) is 82.4 cm³/mol. The molecule has 106 valence electrons. The molecule has 0 aliphatic carbocycles. The van der Waals surface area contributed by atoms with Crippen LogP contribution in [0.25, 0.3) is 0 Å². The molecule has 0 amide bonds. The van der Waals surface area contributed by atoms with Crippen molar-refractivity contribution in [2.24, 2.45) is 0 Å². The number of hydrogen-bond donors (Lipinski definition) is 1. The number of hydrogen-bond acceptors (Lipinski definition) is 2. The molecule has 2 nitrogen and oxygen atoms in total. The van der Waals surface area contributed by atoms with Crippen molar-refractivity contribution in [3.8, 4) is 0 Å². The molecule has 1 N–H and O–H groups in total. The molecule has 2 aromatic carbocycles. The summed E-state index contributed by atoms with van der Waals surface area (Å²) in [5.74, 6) is -0.195. The van der Waals surface area contributed by atoms with E-state index < -0.39 is 0 Å². The van der Waals surface area contributed by atoms with Crippen LogP contribution in [0.3, 0.4) is 0 Å². The van der Waals surface area contributed by atoms with E-state index in [0.29, 0.717) is 0 Å². The van der Waals surface area contributed by atoms with Crippen LogP contribution in [-0.4, -0.2) is 14.1 Å². The van der Waals surface area contributed by atoms with E-state index >= 15 is 0 Å². The summed E-state index contributed by atoms with van der Waals surface area (Å²) >= 11 is 0. The Labute approximate surface area is 120 Å². The Morgan fingerprint density at radius 3 is 2.50 bits per heavy atom. The minimum absolute atomic E-state index is 0.110. The van der Waals surface area contributed by atoms with Crippen LogP contribution in [0, 0.1) is 5.82 Å². The quantitative estimate of drug-likeness (QED) is 0.892. The summed E-state index contributed by atoms with van der Waals surface area (Å²) in [5.41, 5.74) is 3.27. The highest BCUT2D eigenvalue weighted by atomic mass is 19.1. The van der Waals surface area contributed by atoms with Crippen molar-refractivity contribution in [1.82, 2.24) is 5.32 Å². The molecule has 0 aliphatic heterocycles. The minimum atomic E-state index is -0.195. The zero-order valence-corrected chi connectivity index (χ0v) is 12.2. The highest BCUT2D eigenvalue weighted by Gasteiger charge is 2.13. The number of nitrogens with one attached hydrogen (secondary N) is 1. The van der Waals surface area contributed by atoms with Crippen LogP contribution in [-0.2, 0) is 6.54 Å². The SMILES string of the molecule is CNC(C)c1cc(F)ccc1N(C)Cc1ccccc1. The van der Waals surface area contributed by atoms with Gasteiger partial charge in [0.1, 0.15) is 5.82 Å². The predicted octanol–water partition coefficient (Wildman–Crippen LogP) is 3.74. The summed E-state index contributed by atoms with van der Waals surface area (Å²) in [7, 11) is 3.92. The smallest absolute Gasteiger partial charge is 0.123 e. The van der Waals surface area contributed by atoms with E-state index in [-0.39, 0.29) is 11.9 Å². The molecule has 0 radical (unpaired) electrons. The van der Waals surface area contributed by atoms with Crippen molar-refractivity contribution < 1.29 is 4.39 Å². The molecule has 1 unspecified atom stereocenters. The summed E-state index contributed by atoms with van der Waals surface area (Å²) in [6.07, 6.45) is 0. The van der Waals surface area contributed by atoms with Crippen molar-refractivity contribution in [3.63, 3.8) is 0 Å². The van der Waals surface area contributed by atoms with Gasteiger partial charge in [0, 0.05) is 25.3 Å². The summed E-state index contributed by atoms with van der Waals surface area (Å²) < 4.78 is 13.5. The normalized spacial score (nSPS) is 12.2. The number of benzene rings is 2. The van der Waals surface area contributed by atoms with Crippen molar-refractivity contribution in [3.05, 3.63) is 65.5 Å². The van der Waals surface area contributed by atoms with Gasteiger partial charge in [0.05, 0.1) is 0 Å². The van der Waals surface area contributed by atoms with Crippen LogP contribution in [0.4, 0.5) is 10.1 Å². The van der Waals surface area contributed by atoms with Gasteiger partial charge in [-0.25, -0.2) is 4.39 Å². The maximum Gasteiger partial charge on any atom is 0.123 e. The Balaban J connectivity index is 2.27. The number of rotatable bonds is 5. The van der Waals surface area contributed by atoms with E-state index in [0.717, 1.165) is 17.8 Å². The van der Waals surface area contributed by atoms with Crippen LogP contribution in [0.5, 0.6) is 0 Å². The van der Waals surface area contributed by atoms with Gasteiger partial charge < -0.3 is 10.2 Å². The fraction of sp³-hybridized carbons (Fsp3) is 0.294. The third kappa shape index (κ3) is 3.36. The van der Waals surface area contributed by atoms with Gasteiger partial charge in [0.25, 0.3) is 0 Å². The average molecular weight is 272 g/mol. The zero-order chi connectivity index (χ0) is 14.5. The second-order valence-electron chi connectivity index (χ2n) is 5.06. The molecule has 2 rings (SSSR count). The molecule has 0 aromatic heterocycles. The molecule has 0 heterocycles. The van der Waals surface area contributed by atoms with Crippen LogP contribution in [0.15, 0.2) is 48.5 Å². The van der Waals surface area contributed by atoms with E-state index in [4.69, 9.17) is 0 Å². The molecule has 0 saturated heterocycles. The van der Waals surface area contributed by atoms with Crippen molar-refractivity contribution in [2.45, 2.75) is 19.5 Å². The standard InChI is InChI=1S/C17H21FN2/c1-13(19-2)16-11-15(18)9-10-17(16)20(3)12-14-7-5-4-6-8-14/h4-11,13,19H,12H2,1-3H3. The summed E-state index contributed by atoms with van der Waals surface area (Å²) in [5, 5.41) is 3.17. The van der Waals surface area contributed by atoms with Gasteiger partial charge in [-0.05, 0) is 43.3 Å².